The first-order valence-electron chi connectivity index (χ1n) is 3.24. The van der Waals surface area contributed by atoms with Gasteiger partial charge in [-0.3, -0.25) is 0 Å². The number of nitrogens with zero attached hydrogens (tertiary/aromatic N) is 2. The van der Waals surface area contributed by atoms with E-state index in [4.69, 9.17) is 10.8 Å². The van der Waals surface area contributed by atoms with Crippen molar-refractivity contribution in [2.75, 3.05) is 18.4 Å². The first-order valence-corrected chi connectivity index (χ1v) is 3.24. The molecule has 0 spiro atoms. The molecule has 0 unspecified atom stereocenters. The Morgan fingerprint density at radius 2 is 2.45 bits per heavy atom. The van der Waals surface area contributed by atoms with Gasteiger partial charge in [0.2, 0.25) is 0 Å². The summed E-state index contributed by atoms with van der Waals surface area (Å²) in [5.41, 5.74) is 5.22. The van der Waals surface area contributed by atoms with Gasteiger partial charge in [0.1, 0.15) is 6.61 Å². The van der Waals surface area contributed by atoms with Crippen molar-refractivity contribution in [1.29, 1.82) is 0 Å². The number of hydrogen-bond acceptors (Lipinski definition) is 6. The Morgan fingerprint density at radius 3 is 3.00 bits per heavy atom. The van der Waals surface area contributed by atoms with Gasteiger partial charge < -0.3 is 20.7 Å². The molecule has 0 atom stereocenters. The van der Waals surface area contributed by atoms with Gasteiger partial charge in [-0.25, -0.2) is 0 Å². The lowest BCUT2D eigenvalue weighted by Gasteiger charge is -1.93. The van der Waals surface area contributed by atoms with E-state index >= 15 is 0 Å². The number of anilines is 1. The third-order valence-electron chi connectivity index (χ3n) is 1.03. The summed E-state index contributed by atoms with van der Waals surface area (Å²) < 4.78 is 4.60. The molecular formula is C5H10N4O2. The number of nitrogens with one attached hydrogen (secondary N) is 1. The summed E-state index contributed by atoms with van der Waals surface area (Å²) in [5.74, 6) is 0.559. The lowest BCUT2D eigenvalue weighted by Crippen LogP contribution is -2.13. The van der Waals surface area contributed by atoms with Gasteiger partial charge in [0.05, 0.1) is 0 Å². The van der Waals surface area contributed by atoms with E-state index in [0.717, 1.165) is 0 Å². The molecule has 0 aromatic carbocycles. The molecule has 0 saturated carbocycles. The molecule has 0 amide bonds. The second-order valence-electron chi connectivity index (χ2n) is 1.89. The highest BCUT2D eigenvalue weighted by Gasteiger charge is 2.01. The number of nitrogens with two attached hydrogens (primary N) is 1. The van der Waals surface area contributed by atoms with Crippen LogP contribution in [-0.4, -0.2) is 28.3 Å². The van der Waals surface area contributed by atoms with Gasteiger partial charge in [0.25, 0.3) is 11.8 Å². The molecule has 1 heterocycles. The van der Waals surface area contributed by atoms with Crippen LogP contribution in [0, 0.1) is 0 Å². The fourth-order valence-electron chi connectivity index (χ4n) is 0.575. The molecule has 11 heavy (non-hydrogen) atoms. The van der Waals surface area contributed by atoms with E-state index in [0.29, 0.717) is 19.0 Å². The van der Waals surface area contributed by atoms with Crippen molar-refractivity contribution in [3.8, 4) is 0 Å². The zero-order valence-electron chi connectivity index (χ0n) is 5.95. The van der Waals surface area contributed by atoms with E-state index in [9.17, 15) is 0 Å². The monoisotopic (exact) mass is 158 g/mol. The van der Waals surface area contributed by atoms with Crippen LogP contribution >= 0.6 is 0 Å². The Morgan fingerprint density at radius 1 is 1.64 bits per heavy atom. The largest absolute Gasteiger partial charge is 0.387 e. The van der Waals surface area contributed by atoms with Gasteiger partial charge in [-0.1, -0.05) is 0 Å². The van der Waals surface area contributed by atoms with Gasteiger partial charge >= 0.3 is 0 Å². The highest BCUT2D eigenvalue weighted by Crippen LogP contribution is 2.00. The Bertz CT molecular complexity index is 212. The van der Waals surface area contributed by atoms with Gasteiger partial charge in [-0.05, 0) is 5.16 Å². The molecule has 4 N–H and O–H groups in total. The molecule has 6 nitrogen and oxygen atoms in total. The molecule has 62 valence electrons. The van der Waals surface area contributed by atoms with Crippen LogP contribution in [0.25, 0.3) is 0 Å². The SMILES string of the molecule is NCCNc1noc(CO)n1. The minimum atomic E-state index is -0.239. The summed E-state index contributed by atoms with van der Waals surface area (Å²) in [5, 5.41) is 14.8. The van der Waals surface area contributed by atoms with Crippen LogP contribution in [-0.2, 0) is 6.61 Å². The molecule has 0 bridgehead atoms. The first kappa shape index (κ1) is 7.96. The van der Waals surface area contributed by atoms with E-state index in [2.05, 4.69) is 20.0 Å². The topological polar surface area (TPSA) is 97.2 Å². The average Bonchev–Trinajstić information content (AvgIpc) is 2.48. The van der Waals surface area contributed by atoms with Crippen molar-refractivity contribution in [1.82, 2.24) is 10.1 Å². The smallest absolute Gasteiger partial charge is 0.263 e. The molecule has 0 aliphatic heterocycles. The average molecular weight is 158 g/mol. The van der Waals surface area contributed by atoms with Crippen LogP contribution in [0.4, 0.5) is 5.95 Å². The van der Waals surface area contributed by atoms with Crippen LogP contribution in [0.2, 0.25) is 0 Å². The summed E-state index contributed by atoms with van der Waals surface area (Å²) in [7, 11) is 0. The second-order valence-corrected chi connectivity index (χ2v) is 1.89. The van der Waals surface area contributed by atoms with Crippen LogP contribution in [0.15, 0.2) is 4.52 Å². The number of aliphatic hydroxyl groups excluding tert-OH is 1. The van der Waals surface area contributed by atoms with Gasteiger partial charge in [0, 0.05) is 13.1 Å². The van der Waals surface area contributed by atoms with Gasteiger partial charge in [0.15, 0.2) is 0 Å². The molecule has 0 aliphatic carbocycles. The van der Waals surface area contributed by atoms with E-state index in [1.807, 2.05) is 0 Å². The zero-order valence-corrected chi connectivity index (χ0v) is 5.95. The predicted octanol–water partition coefficient (Wildman–Crippen LogP) is -1.07. The van der Waals surface area contributed by atoms with Crippen molar-refractivity contribution >= 4 is 5.95 Å². The minimum absolute atomic E-state index is 0.199. The lowest BCUT2D eigenvalue weighted by atomic mass is 10.6. The lowest BCUT2D eigenvalue weighted by molar-refractivity contribution is 0.222. The highest BCUT2D eigenvalue weighted by molar-refractivity contribution is 5.20. The maximum absolute atomic E-state index is 8.53. The van der Waals surface area contributed by atoms with Crippen LogP contribution in [0.5, 0.6) is 0 Å². The van der Waals surface area contributed by atoms with Crippen molar-refractivity contribution in [3.05, 3.63) is 5.89 Å². The Balaban J connectivity index is 2.44. The van der Waals surface area contributed by atoms with E-state index < -0.39 is 0 Å². The van der Waals surface area contributed by atoms with Gasteiger partial charge in [-0.15, -0.1) is 0 Å². The Kier molecular flexibility index (Phi) is 2.82. The van der Waals surface area contributed by atoms with E-state index in [1.54, 1.807) is 0 Å². The summed E-state index contributed by atoms with van der Waals surface area (Å²) in [6.07, 6.45) is 0. The zero-order chi connectivity index (χ0) is 8.10. The third-order valence-corrected chi connectivity index (χ3v) is 1.03. The van der Waals surface area contributed by atoms with E-state index in [-0.39, 0.29) is 12.5 Å². The molecular weight excluding hydrogens is 148 g/mol. The van der Waals surface area contributed by atoms with E-state index in [1.165, 1.54) is 0 Å². The van der Waals surface area contributed by atoms with Crippen molar-refractivity contribution in [2.24, 2.45) is 5.73 Å². The molecule has 0 fully saturated rings. The fraction of sp³-hybridized carbons (Fsp3) is 0.600. The standard InChI is InChI=1S/C5H10N4O2/c6-1-2-7-5-8-4(3-10)11-9-5/h10H,1-3,6H2,(H,7,9). The molecule has 1 aromatic heterocycles. The highest BCUT2D eigenvalue weighted by atomic mass is 16.5. The molecule has 0 radical (unpaired) electrons. The quantitative estimate of drug-likeness (QED) is 0.516. The minimum Gasteiger partial charge on any atom is -0.387 e. The van der Waals surface area contributed by atoms with Crippen LogP contribution in [0.3, 0.4) is 0 Å². The van der Waals surface area contributed by atoms with Crippen LogP contribution < -0.4 is 11.1 Å². The summed E-state index contributed by atoms with van der Waals surface area (Å²) >= 11 is 0. The van der Waals surface area contributed by atoms with Crippen molar-refractivity contribution < 1.29 is 9.63 Å². The van der Waals surface area contributed by atoms with Crippen molar-refractivity contribution in [3.63, 3.8) is 0 Å². The molecule has 1 rings (SSSR count). The number of aromatic nitrogens is 2. The molecule has 0 aliphatic rings. The Hall–Kier alpha value is -1.14. The molecule has 1 aromatic rings. The molecule has 6 heteroatoms. The molecule has 0 saturated heterocycles. The summed E-state index contributed by atoms with van der Waals surface area (Å²) in [4.78, 5) is 3.77. The number of aliphatic hydroxyl groups is 1. The predicted molar refractivity (Wildman–Crippen MR) is 37.8 cm³/mol. The summed E-state index contributed by atoms with van der Waals surface area (Å²) in [6.45, 7) is 0.852. The third kappa shape index (κ3) is 2.17. The fourth-order valence-corrected chi connectivity index (χ4v) is 0.575. The maximum Gasteiger partial charge on any atom is 0.263 e. The first-order chi connectivity index (χ1) is 5.36. The Labute approximate surface area is 63.4 Å². The normalized spacial score (nSPS) is 10.0. The van der Waals surface area contributed by atoms with Crippen LogP contribution in [0.1, 0.15) is 5.89 Å². The second kappa shape index (κ2) is 3.89. The number of hydrogen-bond donors (Lipinski definition) is 3. The maximum atomic E-state index is 8.53. The summed E-state index contributed by atoms with van der Waals surface area (Å²) in [6, 6.07) is 0. The van der Waals surface area contributed by atoms with Crippen molar-refractivity contribution in [2.45, 2.75) is 6.61 Å². The van der Waals surface area contributed by atoms with Gasteiger partial charge in [-0.2, -0.15) is 4.98 Å². The number of rotatable bonds is 4.